The summed E-state index contributed by atoms with van der Waals surface area (Å²) in [6.45, 7) is 0. The highest BCUT2D eigenvalue weighted by molar-refractivity contribution is 5.21. The average Bonchev–Trinajstić information content (AvgIpc) is 2.93. The minimum absolute atomic E-state index is 0.195. The van der Waals surface area contributed by atoms with E-state index in [2.05, 4.69) is 5.43 Å². The highest BCUT2D eigenvalue weighted by atomic mass is 19.1. The number of hydrogen-bond acceptors (Lipinski definition) is 2. The Morgan fingerprint density at radius 2 is 1.92 bits per heavy atom. The molecule has 2 rings (SSSR count). The first-order valence-corrected chi connectivity index (χ1v) is 4.53. The van der Waals surface area contributed by atoms with Crippen LogP contribution in [0.1, 0.15) is 24.4 Å². The van der Waals surface area contributed by atoms with E-state index in [1.54, 1.807) is 12.1 Å². The number of benzene rings is 1. The molecule has 0 amide bonds. The second-order valence-electron chi connectivity index (χ2n) is 3.53. The van der Waals surface area contributed by atoms with Crippen LogP contribution < -0.4 is 11.3 Å². The molecule has 70 valence electrons. The van der Waals surface area contributed by atoms with E-state index in [4.69, 9.17) is 5.84 Å². The second-order valence-corrected chi connectivity index (χ2v) is 3.53. The van der Waals surface area contributed by atoms with Gasteiger partial charge in [0.05, 0.1) is 0 Å². The fourth-order valence-corrected chi connectivity index (χ4v) is 1.60. The number of nitrogens with two attached hydrogens (primary N) is 1. The van der Waals surface area contributed by atoms with Gasteiger partial charge in [0, 0.05) is 6.04 Å². The molecule has 0 saturated heterocycles. The molecule has 1 atom stereocenters. The van der Waals surface area contributed by atoms with Crippen LogP contribution in [0.2, 0.25) is 0 Å². The topological polar surface area (TPSA) is 38.0 Å². The minimum atomic E-state index is -0.199. The molecule has 0 heterocycles. The van der Waals surface area contributed by atoms with Crippen LogP contribution in [-0.2, 0) is 0 Å². The molecule has 1 aromatic carbocycles. The fourth-order valence-electron chi connectivity index (χ4n) is 1.60. The van der Waals surface area contributed by atoms with E-state index in [1.807, 2.05) is 0 Å². The van der Waals surface area contributed by atoms with Crippen LogP contribution in [0.15, 0.2) is 24.3 Å². The lowest BCUT2D eigenvalue weighted by molar-refractivity contribution is 0.495. The lowest BCUT2D eigenvalue weighted by Crippen LogP contribution is -2.29. The van der Waals surface area contributed by atoms with Crippen LogP contribution in [0.4, 0.5) is 4.39 Å². The molecule has 0 aromatic heterocycles. The Kier molecular flexibility index (Phi) is 2.29. The van der Waals surface area contributed by atoms with Crippen molar-refractivity contribution in [3.63, 3.8) is 0 Å². The van der Waals surface area contributed by atoms with Crippen molar-refractivity contribution < 1.29 is 4.39 Å². The van der Waals surface area contributed by atoms with Gasteiger partial charge in [0.1, 0.15) is 5.82 Å². The van der Waals surface area contributed by atoms with Gasteiger partial charge in [0.15, 0.2) is 0 Å². The Hall–Kier alpha value is -0.930. The Bertz CT molecular complexity index is 279. The third kappa shape index (κ3) is 1.87. The van der Waals surface area contributed by atoms with Gasteiger partial charge < -0.3 is 0 Å². The smallest absolute Gasteiger partial charge is 0.123 e. The molecule has 13 heavy (non-hydrogen) atoms. The van der Waals surface area contributed by atoms with E-state index in [0.29, 0.717) is 5.92 Å². The molecule has 0 bridgehead atoms. The van der Waals surface area contributed by atoms with Crippen molar-refractivity contribution in [3.05, 3.63) is 35.6 Å². The Morgan fingerprint density at radius 3 is 2.38 bits per heavy atom. The molecule has 3 N–H and O–H groups in total. The van der Waals surface area contributed by atoms with E-state index in [-0.39, 0.29) is 11.9 Å². The fraction of sp³-hybridized carbons (Fsp3) is 0.400. The molecule has 3 heteroatoms. The maximum Gasteiger partial charge on any atom is 0.123 e. The van der Waals surface area contributed by atoms with Gasteiger partial charge >= 0.3 is 0 Å². The number of hydrogen-bond donors (Lipinski definition) is 2. The van der Waals surface area contributed by atoms with E-state index in [0.717, 1.165) is 5.56 Å². The Balaban J connectivity index is 2.17. The SMILES string of the molecule is NNC(c1ccc(F)cc1)C1CC1. The van der Waals surface area contributed by atoms with Crippen LogP contribution >= 0.6 is 0 Å². The summed E-state index contributed by atoms with van der Waals surface area (Å²) in [6, 6.07) is 6.72. The largest absolute Gasteiger partial charge is 0.271 e. The summed E-state index contributed by atoms with van der Waals surface area (Å²) in [5.74, 6) is 5.88. The lowest BCUT2D eigenvalue weighted by atomic mass is 10.0. The predicted octanol–water partition coefficient (Wildman–Crippen LogP) is 1.74. The molecule has 1 aliphatic rings. The summed E-state index contributed by atoms with van der Waals surface area (Å²) >= 11 is 0. The summed E-state index contributed by atoms with van der Waals surface area (Å²) in [4.78, 5) is 0. The molecule has 1 unspecified atom stereocenters. The van der Waals surface area contributed by atoms with Gasteiger partial charge in [-0.3, -0.25) is 11.3 Å². The Morgan fingerprint density at radius 1 is 1.31 bits per heavy atom. The van der Waals surface area contributed by atoms with Gasteiger partial charge in [0.2, 0.25) is 0 Å². The van der Waals surface area contributed by atoms with Crippen molar-refractivity contribution in [2.45, 2.75) is 18.9 Å². The lowest BCUT2D eigenvalue weighted by Gasteiger charge is -2.14. The Labute approximate surface area is 76.9 Å². The van der Waals surface area contributed by atoms with Crippen molar-refractivity contribution in [3.8, 4) is 0 Å². The van der Waals surface area contributed by atoms with E-state index in [9.17, 15) is 4.39 Å². The van der Waals surface area contributed by atoms with E-state index < -0.39 is 0 Å². The third-order valence-electron chi connectivity index (χ3n) is 2.50. The number of nitrogens with one attached hydrogen (secondary N) is 1. The molecular formula is C10H13FN2. The molecule has 1 saturated carbocycles. The molecule has 2 nitrogen and oxygen atoms in total. The van der Waals surface area contributed by atoms with Crippen molar-refractivity contribution >= 4 is 0 Å². The van der Waals surface area contributed by atoms with Gasteiger partial charge in [-0.2, -0.15) is 0 Å². The predicted molar refractivity (Wildman–Crippen MR) is 49.2 cm³/mol. The van der Waals surface area contributed by atoms with Crippen LogP contribution in [0.3, 0.4) is 0 Å². The van der Waals surface area contributed by atoms with Crippen LogP contribution in [0.25, 0.3) is 0 Å². The highest BCUT2D eigenvalue weighted by Crippen LogP contribution is 2.40. The quantitative estimate of drug-likeness (QED) is 0.549. The van der Waals surface area contributed by atoms with Gasteiger partial charge in [0.25, 0.3) is 0 Å². The number of hydrazine groups is 1. The van der Waals surface area contributed by atoms with Gasteiger partial charge in [-0.25, -0.2) is 4.39 Å². The third-order valence-corrected chi connectivity index (χ3v) is 2.50. The zero-order valence-corrected chi connectivity index (χ0v) is 7.33. The summed E-state index contributed by atoms with van der Waals surface area (Å²) in [5.41, 5.74) is 3.85. The molecule has 0 radical (unpaired) electrons. The van der Waals surface area contributed by atoms with Crippen LogP contribution in [-0.4, -0.2) is 0 Å². The average molecular weight is 180 g/mol. The first-order chi connectivity index (χ1) is 6.31. The molecule has 1 aromatic rings. The minimum Gasteiger partial charge on any atom is -0.271 e. The zero-order valence-electron chi connectivity index (χ0n) is 7.33. The molecule has 0 spiro atoms. The number of rotatable bonds is 3. The van der Waals surface area contributed by atoms with Crippen LogP contribution in [0, 0.1) is 11.7 Å². The molecule has 0 aliphatic heterocycles. The first-order valence-electron chi connectivity index (χ1n) is 4.53. The normalized spacial score (nSPS) is 18.6. The molecule has 1 fully saturated rings. The molecular weight excluding hydrogens is 167 g/mol. The van der Waals surface area contributed by atoms with Crippen molar-refractivity contribution in [1.82, 2.24) is 5.43 Å². The monoisotopic (exact) mass is 180 g/mol. The van der Waals surface area contributed by atoms with E-state index in [1.165, 1.54) is 25.0 Å². The molecule has 1 aliphatic carbocycles. The van der Waals surface area contributed by atoms with Crippen LogP contribution in [0.5, 0.6) is 0 Å². The van der Waals surface area contributed by atoms with Crippen molar-refractivity contribution in [2.24, 2.45) is 11.8 Å². The van der Waals surface area contributed by atoms with Crippen molar-refractivity contribution in [2.75, 3.05) is 0 Å². The standard InChI is InChI=1S/C10H13FN2/c11-9-5-3-8(4-6-9)10(13-12)7-1-2-7/h3-7,10,13H,1-2,12H2. The van der Waals surface area contributed by atoms with Gasteiger partial charge in [-0.05, 0) is 36.5 Å². The van der Waals surface area contributed by atoms with E-state index >= 15 is 0 Å². The maximum absolute atomic E-state index is 12.6. The van der Waals surface area contributed by atoms with Crippen molar-refractivity contribution in [1.29, 1.82) is 0 Å². The zero-order chi connectivity index (χ0) is 9.26. The second kappa shape index (κ2) is 3.44. The number of halogens is 1. The summed E-state index contributed by atoms with van der Waals surface area (Å²) in [6.07, 6.45) is 2.43. The highest BCUT2D eigenvalue weighted by Gasteiger charge is 2.31. The van der Waals surface area contributed by atoms with Gasteiger partial charge in [-0.1, -0.05) is 12.1 Å². The van der Waals surface area contributed by atoms with Gasteiger partial charge in [-0.15, -0.1) is 0 Å². The summed E-state index contributed by atoms with van der Waals surface area (Å²) < 4.78 is 12.6. The summed E-state index contributed by atoms with van der Waals surface area (Å²) in [7, 11) is 0. The first kappa shape index (κ1) is 8.66. The maximum atomic E-state index is 12.6. The summed E-state index contributed by atoms with van der Waals surface area (Å²) in [5, 5.41) is 0.